The number of anilines is 1. The fourth-order valence-electron chi connectivity index (χ4n) is 2.81. The molecule has 0 aliphatic carbocycles. The summed E-state index contributed by atoms with van der Waals surface area (Å²) >= 11 is 0. The molecule has 1 aliphatic rings. The van der Waals surface area contributed by atoms with Crippen molar-refractivity contribution in [1.82, 2.24) is 10.3 Å². The molecule has 1 atom stereocenters. The van der Waals surface area contributed by atoms with E-state index in [2.05, 4.69) is 39.5 Å². The number of carbonyl (C=O) groups is 1. The normalized spacial score (nSPS) is 17.7. The van der Waals surface area contributed by atoms with Gasteiger partial charge in [-0.15, -0.1) is 0 Å². The van der Waals surface area contributed by atoms with E-state index in [0.717, 1.165) is 13.0 Å². The first kappa shape index (κ1) is 13.6. The molecule has 0 bridgehead atoms. The van der Waals surface area contributed by atoms with Gasteiger partial charge in [-0.1, -0.05) is 24.3 Å². The molecule has 0 radical (unpaired) electrons. The Labute approximate surface area is 124 Å². The highest BCUT2D eigenvalue weighted by molar-refractivity contribution is 5.92. The van der Waals surface area contributed by atoms with Crippen LogP contribution in [0.5, 0.6) is 0 Å². The summed E-state index contributed by atoms with van der Waals surface area (Å²) in [7, 11) is 0. The predicted octanol–water partition coefficient (Wildman–Crippen LogP) is 2.48. The Morgan fingerprint density at radius 3 is 2.76 bits per heavy atom. The lowest BCUT2D eigenvalue weighted by Crippen LogP contribution is -2.40. The molecule has 3 rings (SSSR count). The molecule has 4 heteroatoms. The van der Waals surface area contributed by atoms with Crippen LogP contribution in [0.1, 0.15) is 23.3 Å². The van der Waals surface area contributed by atoms with Gasteiger partial charge >= 0.3 is 0 Å². The van der Waals surface area contributed by atoms with Gasteiger partial charge in [0.1, 0.15) is 5.69 Å². The molecule has 0 spiro atoms. The smallest absolute Gasteiger partial charge is 0.269 e. The third-order valence-corrected chi connectivity index (χ3v) is 3.86. The minimum absolute atomic E-state index is 0.101. The van der Waals surface area contributed by atoms with Crippen LogP contribution in [-0.4, -0.2) is 30.0 Å². The van der Waals surface area contributed by atoms with Gasteiger partial charge in [-0.25, -0.2) is 0 Å². The van der Waals surface area contributed by atoms with E-state index in [4.69, 9.17) is 0 Å². The fraction of sp³-hybridized carbons (Fsp3) is 0.294. The van der Waals surface area contributed by atoms with Gasteiger partial charge in [0, 0.05) is 31.0 Å². The summed E-state index contributed by atoms with van der Waals surface area (Å²) in [6.45, 7) is 1.71. The molecule has 2 heterocycles. The van der Waals surface area contributed by atoms with Crippen molar-refractivity contribution in [3.63, 3.8) is 0 Å². The van der Waals surface area contributed by atoms with Gasteiger partial charge in [-0.05, 0) is 37.1 Å². The highest BCUT2D eigenvalue weighted by atomic mass is 16.1. The van der Waals surface area contributed by atoms with Crippen molar-refractivity contribution in [2.24, 2.45) is 0 Å². The second kappa shape index (κ2) is 6.39. The lowest BCUT2D eigenvalue weighted by molar-refractivity contribution is 0.0946. The first-order valence-electron chi connectivity index (χ1n) is 7.35. The predicted molar refractivity (Wildman–Crippen MR) is 83.4 cm³/mol. The third kappa shape index (κ3) is 3.21. The summed E-state index contributed by atoms with van der Waals surface area (Å²) in [6, 6.07) is 16.1. The zero-order valence-electron chi connectivity index (χ0n) is 11.9. The van der Waals surface area contributed by atoms with E-state index in [9.17, 15) is 4.79 Å². The van der Waals surface area contributed by atoms with Crippen molar-refractivity contribution in [1.29, 1.82) is 0 Å². The summed E-state index contributed by atoms with van der Waals surface area (Å²) in [5, 5.41) is 3.00. The van der Waals surface area contributed by atoms with Crippen LogP contribution in [0.2, 0.25) is 0 Å². The van der Waals surface area contributed by atoms with E-state index in [1.165, 1.54) is 12.1 Å². The lowest BCUT2D eigenvalue weighted by atomic mass is 10.2. The Bertz CT molecular complexity index is 585. The average Bonchev–Trinajstić information content (AvgIpc) is 3.03. The molecule has 0 saturated carbocycles. The first-order chi connectivity index (χ1) is 10.3. The molecule has 1 aliphatic heterocycles. The summed E-state index contributed by atoms with van der Waals surface area (Å²) < 4.78 is 0. The average molecular weight is 281 g/mol. The van der Waals surface area contributed by atoms with Gasteiger partial charge in [-0.3, -0.25) is 9.78 Å². The number of rotatable bonds is 4. The van der Waals surface area contributed by atoms with Gasteiger partial charge in [0.2, 0.25) is 0 Å². The molecular weight excluding hydrogens is 262 g/mol. The van der Waals surface area contributed by atoms with Crippen LogP contribution in [0.4, 0.5) is 5.69 Å². The highest BCUT2D eigenvalue weighted by Crippen LogP contribution is 2.24. The second-order valence-corrected chi connectivity index (χ2v) is 5.25. The van der Waals surface area contributed by atoms with Crippen LogP contribution >= 0.6 is 0 Å². The van der Waals surface area contributed by atoms with Crippen molar-refractivity contribution in [3.8, 4) is 0 Å². The molecule has 1 amide bonds. The number of para-hydroxylation sites is 1. The summed E-state index contributed by atoms with van der Waals surface area (Å²) in [5.74, 6) is -0.101. The van der Waals surface area contributed by atoms with Crippen molar-refractivity contribution in [2.75, 3.05) is 18.0 Å². The first-order valence-corrected chi connectivity index (χ1v) is 7.35. The molecule has 21 heavy (non-hydrogen) atoms. The molecule has 1 N–H and O–H groups in total. The Balaban J connectivity index is 1.61. The van der Waals surface area contributed by atoms with Gasteiger partial charge in [0.15, 0.2) is 0 Å². The van der Waals surface area contributed by atoms with Crippen LogP contribution < -0.4 is 10.2 Å². The van der Waals surface area contributed by atoms with E-state index < -0.39 is 0 Å². The van der Waals surface area contributed by atoms with E-state index in [0.29, 0.717) is 18.3 Å². The van der Waals surface area contributed by atoms with E-state index in [-0.39, 0.29) is 5.91 Å². The largest absolute Gasteiger partial charge is 0.367 e. The second-order valence-electron chi connectivity index (χ2n) is 5.25. The van der Waals surface area contributed by atoms with E-state index in [1.54, 1.807) is 12.3 Å². The Kier molecular flexibility index (Phi) is 4.15. The van der Waals surface area contributed by atoms with Crippen LogP contribution in [0, 0.1) is 0 Å². The van der Waals surface area contributed by atoms with Crippen molar-refractivity contribution < 1.29 is 4.79 Å². The van der Waals surface area contributed by atoms with Crippen LogP contribution in [0.25, 0.3) is 0 Å². The number of hydrogen-bond acceptors (Lipinski definition) is 3. The number of amides is 1. The highest BCUT2D eigenvalue weighted by Gasteiger charge is 2.25. The summed E-state index contributed by atoms with van der Waals surface area (Å²) in [5.41, 5.74) is 1.70. The Morgan fingerprint density at radius 2 is 2.00 bits per heavy atom. The molecular formula is C17H19N3O. The molecule has 1 fully saturated rings. The topological polar surface area (TPSA) is 45.2 Å². The van der Waals surface area contributed by atoms with Gasteiger partial charge in [0.25, 0.3) is 5.91 Å². The molecule has 1 aromatic heterocycles. The zero-order valence-corrected chi connectivity index (χ0v) is 11.9. The Morgan fingerprint density at radius 1 is 1.19 bits per heavy atom. The van der Waals surface area contributed by atoms with Gasteiger partial charge in [0.05, 0.1) is 0 Å². The van der Waals surface area contributed by atoms with Crippen molar-refractivity contribution in [3.05, 3.63) is 60.4 Å². The summed E-state index contributed by atoms with van der Waals surface area (Å²) in [6.07, 6.45) is 3.91. The number of hydrogen-bond donors (Lipinski definition) is 1. The van der Waals surface area contributed by atoms with Crippen molar-refractivity contribution in [2.45, 2.75) is 18.9 Å². The number of pyridine rings is 1. The van der Waals surface area contributed by atoms with Crippen LogP contribution in [0.3, 0.4) is 0 Å². The van der Waals surface area contributed by atoms with Crippen molar-refractivity contribution >= 4 is 11.6 Å². The SMILES string of the molecule is O=C(NCC1CCCN1c1ccccc1)c1ccccn1. The van der Waals surface area contributed by atoms with E-state index in [1.807, 2.05) is 18.2 Å². The lowest BCUT2D eigenvalue weighted by Gasteiger charge is -2.27. The minimum Gasteiger partial charge on any atom is -0.367 e. The van der Waals surface area contributed by atoms with Gasteiger partial charge in [-0.2, -0.15) is 0 Å². The summed E-state index contributed by atoms with van der Waals surface area (Å²) in [4.78, 5) is 18.5. The number of nitrogens with one attached hydrogen (secondary N) is 1. The monoisotopic (exact) mass is 281 g/mol. The number of aromatic nitrogens is 1. The molecule has 1 unspecified atom stereocenters. The third-order valence-electron chi connectivity index (χ3n) is 3.86. The fourth-order valence-corrected chi connectivity index (χ4v) is 2.81. The molecule has 1 aromatic carbocycles. The maximum Gasteiger partial charge on any atom is 0.269 e. The quantitative estimate of drug-likeness (QED) is 0.936. The molecule has 1 saturated heterocycles. The zero-order chi connectivity index (χ0) is 14.5. The van der Waals surface area contributed by atoms with Crippen LogP contribution in [-0.2, 0) is 0 Å². The molecule has 108 valence electrons. The minimum atomic E-state index is -0.101. The Hall–Kier alpha value is -2.36. The van der Waals surface area contributed by atoms with E-state index >= 15 is 0 Å². The standard InChI is InChI=1S/C17H19N3O/c21-17(16-10-4-5-11-18-16)19-13-15-9-6-12-20(15)14-7-2-1-3-8-14/h1-5,7-8,10-11,15H,6,9,12-13H2,(H,19,21). The number of carbonyl (C=O) groups excluding carboxylic acids is 1. The number of benzene rings is 1. The maximum atomic E-state index is 12.1. The van der Waals surface area contributed by atoms with Crippen LogP contribution in [0.15, 0.2) is 54.7 Å². The maximum absolute atomic E-state index is 12.1. The van der Waals surface area contributed by atoms with Gasteiger partial charge < -0.3 is 10.2 Å². The molecule has 4 nitrogen and oxygen atoms in total. The molecule has 2 aromatic rings. The number of nitrogens with zero attached hydrogens (tertiary/aromatic N) is 2.